The van der Waals surface area contributed by atoms with Crippen molar-refractivity contribution in [2.45, 2.75) is 13.0 Å². The minimum absolute atomic E-state index is 0.123. The minimum Gasteiger partial charge on any atom is -0.314 e. The van der Waals surface area contributed by atoms with Crippen LogP contribution in [0.15, 0.2) is 24.3 Å². The van der Waals surface area contributed by atoms with Gasteiger partial charge in [0.1, 0.15) is 0 Å². The molecular weight excluding hydrogens is 310 g/mol. The fraction of sp³-hybridized carbons (Fsp3) is 0.571. The van der Waals surface area contributed by atoms with E-state index in [1.54, 1.807) is 12.1 Å². The van der Waals surface area contributed by atoms with Crippen LogP contribution in [0, 0.1) is 0 Å². The first-order valence-electron chi connectivity index (χ1n) is 7.15. The number of hydrogen-bond donors (Lipinski definition) is 2. The van der Waals surface area contributed by atoms with E-state index in [9.17, 15) is 8.42 Å². The van der Waals surface area contributed by atoms with Crippen molar-refractivity contribution in [3.63, 3.8) is 0 Å². The van der Waals surface area contributed by atoms with Gasteiger partial charge in [0.2, 0.25) is 10.0 Å². The van der Waals surface area contributed by atoms with E-state index in [1.165, 1.54) is 0 Å². The summed E-state index contributed by atoms with van der Waals surface area (Å²) in [6.07, 6.45) is 0. The number of benzene rings is 1. The Balaban J connectivity index is 1.87. The molecule has 21 heavy (non-hydrogen) atoms. The lowest BCUT2D eigenvalue weighted by Gasteiger charge is -2.27. The van der Waals surface area contributed by atoms with E-state index in [0.717, 1.165) is 31.7 Å². The van der Waals surface area contributed by atoms with Crippen molar-refractivity contribution >= 4 is 21.6 Å². The zero-order chi connectivity index (χ0) is 15.3. The van der Waals surface area contributed by atoms with E-state index in [-0.39, 0.29) is 11.8 Å². The zero-order valence-corrected chi connectivity index (χ0v) is 13.8. The molecule has 1 atom stereocenters. The van der Waals surface area contributed by atoms with Crippen LogP contribution in [-0.4, -0.2) is 51.8 Å². The van der Waals surface area contributed by atoms with Gasteiger partial charge in [0.05, 0.1) is 5.75 Å². The van der Waals surface area contributed by atoms with Crippen molar-refractivity contribution in [3.8, 4) is 0 Å². The highest BCUT2D eigenvalue weighted by Crippen LogP contribution is 2.18. The Kier molecular flexibility index (Phi) is 6.01. The van der Waals surface area contributed by atoms with Crippen LogP contribution < -0.4 is 10.0 Å². The van der Waals surface area contributed by atoms with E-state index in [4.69, 9.17) is 11.6 Å². The summed E-state index contributed by atoms with van der Waals surface area (Å²) in [4.78, 5) is 2.17. The lowest BCUT2D eigenvalue weighted by molar-refractivity contribution is 0.253. The standard InChI is InChI=1S/C14H22ClN3O2S/c1-12(13-3-2-4-14(15)11-13)17-21(19,20)10-9-18-7-5-16-6-8-18/h2-4,11-12,16-17H,5-10H2,1H3. The third-order valence-electron chi connectivity index (χ3n) is 3.59. The van der Waals surface area contributed by atoms with Crippen LogP contribution in [0.1, 0.15) is 18.5 Å². The highest BCUT2D eigenvalue weighted by Gasteiger charge is 2.18. The van der Waals surface area contributed by atoms with E-state index >= 15 is 0 Å². The molecule has 0 amide bonds. The van der Waals surface area contributed by atoms with Gasteiger partial charge in [-0.25, -0.2) is 13.1 Å². The quantitative estimate of drug-likeness (QED) is 0.823. The van der Waals surface area contributed by atoms with Crippen molar-refractivity contribution in [2.24, 2.45) is 0 Å². The van der Waals surface area contributed by atoms with Crippen molar-refractivity contribution in [1.82, 2.24) is 14.9 Å². The molecule has 0 saturated carbocycles. The molecule has 0 spiro atoms. The second-order valence-corrected chi connectivity index (χ2v) is 7.61. The van der Waals surface area contributed by atoms with Crippen LogP contribution in [0.2, 0.25) is 5.02 Å². The molecule has 1 unspecified atom stereocenters. The maximum atomic E-state index is 12.2. The normalized spacial score (nSPS) is 18.6. The molecule has 0 aliphatic carbocycles. The number of sulfonamides is 1. The Bertz CT molecular complexity index is 559. The summed E-state index contributed by atoms with van der Waals surface area (Å²) in [5, 5.41) is 3.86. The first kappa shape index (κ1) is 16.7. The molecule has 1 aromatic carbocycles. The van der Waals surface area contributed by atoms with Gasteiger partial charge in [-0.3, -0.25) is 4.90 Å². The molecular formula is C14H22ClN3O2S. The van der Waals surface area contributed by atoms with Crippen molar-refractivity contribution < 1.29 is 8.42 Å². The molecule has 1 aliphatic heterocycles. The van der Waals surface area contributed by atoms with Gasteiger partial charge in [-0.05, 0) is 24.6 Å². The Morgan fingerprint density at radius 3 is 2.76 bits per heavy atom. The summed E-state index contributed by atoms with van der Waals surface area (Å²) in [6.45, 7) is 6.05. The summed E-state index contributed by atoms with van der Waals surface area (Å²) in [7, 11) is -3.30. The molecule has 1 fully saturated rings. The summed E-state index contributed by atoms with van der Waals surface area (Å²) in [6, 6.07) is 6.97. The Labute approximate surface area is 131 Å². The van der Waals surface area contributed by atoms with Crippen LogP contribution in [0.5, 0.6) is 0 Å². The second kappa shape index (κ2) is 7.56. The van der Waals surface area contributed by atoms with E-state index in [1.807, 2.05) is 19.1 Å². The molecule has 118 valence electrons. The molecule has 1 saturated heterocycles. The maximum absolute atomic E-state index is 12.2. The molecule has 2 N–H and O–H groups in total. The van der Waals surface area contributed by atoms with Crippen LogP contribution in [0.4, 0.5) is 0 Å². The van der Waals surface area contributed by atoms with E-state index < -0.39 is 10.0 Å². The number of rotatable bonds is 6. The number of hydrogen-bond acceptors (Lipinski definition) is 4. The number of piperazine rings is 1. The lowest BCUT2D eigenvalue weighted by atomic mass is 10.1. The fourth-order valence-electron chi connectivity index (χ4n) is 2.36. The molecule has 0 radical (unpaired) electrons. The first-order valence-corrected chi connectivity index (χ1v) is 9.18. The largest absolute Gasteiger partial charge is 0.314 e. The highest BCUT2D eigenvalue weighted by molar-refractivity contribution is 7.89. The fourth-order valence-corrected chi connectivity index (χ4v) is 3.85. The average molecular weight is 332 g/mol. The summed E-state index contributed by atoms with van der Waals surface area (Å²) < 4.78 is 27.0. The molecule has 2 rings (SSSR count). The number of nitrogens with zero attached hydrogens (tertiary/aromatic N) is 1. The van der Waals surface area contributed by atoms with E-state index in [2.05, 4.69) is 14.9 Å². The first-order chi connectivity index (χ1) is 9.96. The zero-order valence-electron chi connectivity index (χ0n) is 12.2. The van der Waals surface area contributed by atoms with Crippen LogP contribution in [0.3, 0.4) is 0 Å². The van der Waals surface area contributed by atoms with Crippen molar-refractivity contribution in [1.29, 1.82) is 0 Å². The van der Waals surface area contributed by atoms with Gasteiger partial charge >= 0.3 is 0 Å². The molecule has 5 nitrogen and oxygen atoms in total. The lowest BCUT2D eigenvalue weighted by Crippen LogP contribution is -2.46. The average Bonchev–Trinajstić information content (AvgIpc) is 2.46. The third-order valence-corrected chi connectivity index (χ3v) is 5.26. The van der Waals surface area contributed by atoms with Crippen LogP contribution in [-0.2, 0) is 10.0 Å². The van der Waals surface area contributed by atoms with Gasteiger partial charge in [0.15, 0.2) is 0 Å². The highest BCUT2D eigenvalue weighted by atomic mass is 35.5. The predicted molar refractivity (Wildman–Crippen MR) is 86.1 cm³/mol. The monoisotopic (exact) mass is 331 g/mol. The topological polar surface area (TPSA) is 61.4 Å². The van der Waals surface area contributed by atoms with Gasteiger partial charge in [-0.2, -0.15) is 0 Å². The maximum Gasteiger partial charge on any atom is 0.213 e. The van der Waals surface area contributed by atoms with Crippen molar-refractivity contribution in [3.05, 3.63) is 34.9 Å². The van der Waals surface area contributed by atoms with Crippen LogP contribution in [0.25, 0.3) is 0 Å². The minimum atomic E-state index is -3.30. The van der Waals surface area contributed by atoms with Gasteiger partial charge in [0.25, 0.3) is 0 Å². The SMILES string of the molecule is CC(NS(=O)(=O)CCN1CCNCC1)c1cccc(Cl)c1. The molecule has 1 heterocycles. The van der Waals surface area contributed by atoms with E-state index in [0.29, 0.717) is 11.6 Å². The Hall–Kier alpha value is -0.660. The second-order valence-electron chi connectivity index (χ2n) is 5.31. The predicted octanol–water partition coefficient (Wildman–Crippen LogP) is 1.23. The number of halogens is 1. The van der Waals surface area contributed by atoms with Gasteiger partial charge in [-0.1, -0.05) is 23.7 Å². The van der Waals surface area contributed by atoms with Crippen molar-refractivity contribution in [2.75, 3.05) is 38.5 Å². The molecule has 0 bridgehead atoms. The smallest absolute Gasteiger partial charge is 0.213 e. The van der Waals surface area contributed by atoms with Gasteiger partial charge < -0.3 is 5.32 Å². The number of nitrogens with one attached hydrogen (secondary N) is 2. The molecule has 1 aromatic rings. The Morgan fingerprint density at radius 2 is 2.10 bits per heavy atom. The summed E-state index contributed by atoms with van der Waals surface area (Å²) >= 11 is 5.93. The summed E-state index contributed by atoms with van der Waals surface area (Å²) in [5.41, 5.74) is 0.869. The van der Waals surface area contributed by atoms with Crippen LogP contribution >= 0.6 is 11.6 Å². The summed E-state index contributed by atoms with van der Waals surface area (Å²) in [5.74, 6) is 0.123. The molecule has 7 heteroatoms. The molecule has 1 aliphatic rings. The van der Waals surface area contributed by atoms with Gasteiger partial charge in [-0.15, -0.1) is 0 Å². The molecule has 0 aromatic heterocycles. The van der Waals surface area contributed by atoms with Gasteiger partial charge in [0, 0.05) is 43.8 Å². The third kappa shape index (κ3) is 5.56. The Morgan fingerprint density at radius 1 is 1.38 bits per heavy atom.